The minimum Gasteiger partial charge on any atom is -0.497 e. The Kier molecular flexibility index (Phi) is 6.57. The van der Waals surface area contributed by atoms with Gasteiger partial charge in [-0.05, 0) is 35.2 Å². The molecule has 1 aliphatic heterocycles. The van der Waals surface area contributed by atoms with E-state index in [1.807, 2.05) is 12.1 Å². The third-order valence-corrected chi connectivity index (χ3v) is 5.11. The molecule has 1 fully saturated rings. The fourth-order valence-electron chi connectivity index (χ4n) is 3.60. The van der Waals surface area contributed by atoms with E-state index in [9.17, 15) is 14.4 Å². The summed E-state index contributed by atoms with van der Waals surface area (Å²) in [5, 5.41) is 3.54. The lowest BCUT2D eigenvalue weighted by atomic mass is 9.96. The number of carbonyl (C=O) groups excluding carboxylic acids is 3. The van der Waals surface area contributed by atoms with Crippen molar-refractivity contribution in [1.82, 2.24) is 9.80 Å². The van der Waals surface area contributed by atoms with Crippen molar-refractivity contribution >= 4 is 23.4 Å². The summed E-state index contributed by atoms with van der Waals surface area (Å²) in [5.74, 6) is -1.04. The standard InChI is InChI=1S/C22H23N5O4/c1-14(2)20-22(30)26(12-15-8-10-16(31-3)11-9-15)13-19(28)27(20)21(29)17-6-4-5-7-18(17)24-25-23/h4-11,14,20H,12-13H2,1-3H3. The lowest BCUT2D eigenvalue weighted by Crippen LogP contribution is -2.63. The first-order chi connectivity index (χ1) is 14.9. The Bertz CT molecular complexity index is 1040. The molecule has 0 saturated carbocycles. The molecule has 1 aliphatic rings. The van der Waals surface area contributed by atoms with E-state index in [-0.39, 0.29) is 36.2 Å². The summed E-state index contributed by atoms with van der Waals surface area (Å²) in [5.41, 5.74) is 9.81. The molecule has 3 rings (SSSR count). The van der Waals surface area contributed by atoms with Gasteiger partial charge < -0.3 is 9.64 Å². The molecule has 0 N–H and O–H groups in total. The Balaban J connectivity index is 1.90. The van der Waals surface area contributed by atoms with Crippen LogP contribution in [0.4, 0.5) is 5.69 Å². The Morgan fingerprint density at radius 1 is 1.19 bits per heavy atom. The Morgan fingerprint density at radius 2 is 1.87 bits per heavy atom. The molecule has 2 aromatic rings. The highest BCUT2D eigenvalue weighted by Crippen LogP contribution is 2.27. The molecular formula is C22H23N5O4. The third kappa shape index (κ3) is 4.51. The number of ether oxygens (including phenoxy) is 1. The van der Waals surface area contributed by atoms with Gasteiger partial charge in [0.2, 0.25) is 11.8 Å². The maximum Gasteiger partial charge on any atom is 0.261 e. The highest BCUT2D eigenvalue weighted by Gasteiger charge is 2.44. The second kappa shape index (κ2) is 9.32. The van der Waals surface area contributed by atoms with Crippen LogP contribution >= 0.6 is 0 Å². The normalized spacial score (nSPS) is 16.3. The fourth-order valence-corrected chi connectivity index (χ4v) is 3.60. The molecule has 1 heterocycles. The fraction of sp³-hybridized carbons (Fsp3) is 0.318. The van der Waals surface area contributed by atoms with Gasteiger partial charge in [0.15, 0.2) is 0 Å². The Labute approximate surface area is 179 Å². The van der Waals surface area contributed by atoms with Crippen LogP contribution < -0.4 is 4.74 Å². The number of azide groups is 1. The van der Waals surface area contributed by atoms with Crippen LogP contribution in [0.5, 0.6) is 5.75 Å². The number of imide groups is 1. The van der Waals surface area contributed by atoms with Crippen LogP contribution in [-0.4, -0.2) is 47.2 Å². The molecule has 0 aromatic heterocycles. The molecule has 1 unspecified atom stereocenters. The smallest absolute Gasteiger partial charge is 0.261 e. The van der Waals surface area contributed by atoms with E-state index in [0.717, 1.165) is 10.5 Å². The second-order valence-electron chi connectivity index (χ2n) is 7.51. The first-order valence-corrected chi connectivity index (χ1v) is 9.79. The van der Waals surface area contributed by atoms with Crippen molar-refractivity contribution < 1.29 is 19.1 Å². The minimum atomic E-state index is -0.953. The Morgan fingerprint density at radius 3 is 2.48 bits per heavy atom. The van der Waals surface area contributed by atoms with Gasteiger partial charge in [0.25, 0.3) is 5.91 Å². The van der Waals surface area contributed by atoms with Crippen molar-refractivity contribution in [2.75, 3.05) is 13.7 Å². The van der Waals surface area contributed by atoms with Crippen LogP contribution in [0.1, 0.15) is 29.8 Å². The highest BCUT2D eigenvalue weighted by atomic mass is 16.5. The molecule has 3 amide bonds. The van der Waals surface area contributed by atoms with E-state index >= 15 is 0 Å². The van der Waals surface area contributed by atoms with Gasteiger partial charge in [-0.25, -0.2) is 0 Å². The minimum absolute atomic E-state index is 0.0794. The van der Waals surface area contributed by atoms with Gasteiger partial charge in [0, 0.05) is 17.0 Å². The van der Waals surface area contributed by atoms with Crippen molar-refractivity contribution in [2.45, 2.75) is 26.4 Å². The van der Waals surface area contributed by atoms with E-state index < -0.39 is 17.9 Å². The molecule has 1 atom stereocenters. The predicted octanol–water partition coefficient (Wildman–Crippen LogP) is 3.67. The number of amides is 3. The monoisotopic (exact) mass is 421 g/mol. The molecule has 9 nitrogen and oxygen atoms in total. The molecule has 160 valence electrons. The van der Waals surface area contributed by atoms with E-state index in [0.29, 0.717) is 5.75 Å². The summed E-state index contributed by atoms with van der Waals surface area (Å²) < 4.78 is 5.15. The summed E-state index contributed by atoms with van der Waals surface area (Å²) in [6.45, 7) is 3.59. The first kappa shape index (κ1) is 21.9. The van der Waals surface area contributed by atoms with Crippen LogP contribution in [0.25, 0.3) is 10.4 Å². The third-order valence-electron chi connectivity index (χ3n) is 5.11. The van der Waals surface area contributed by atoms with E-state index in [2.05, 4.69) is 10.0 Å². The molecule has 0 radical (unpaired) electrons. The van der Waals surface area contributed by atoms with Crippen LogP contribution in [0.15, 0.2) is 53.6 Å². The van der Waals surface area contributed by atoms with Gasteiger partial charge in [0.1, 0.15) is 18.3 Å². The molecule has 2 aromatic carbocycles. The summed E-state index contributed by atoms with van der Waals surface area (Å²) in [7, 11) is 1.57. The zero-order chi connectivity index (χ0) is 22.5. The van der Waals surface area contributed by atoms with Crippen molar-refractivity contribution in [2.24, 2.45) is 11.0 Å². The summed E-state index contributed by atoms with van der Waals surface area (Å²) in [4.78, 5) is 44.7. The van der Waals surface area contributed by atoms with Crippen LogP contribution in [0, 0.1) is 5.92 Å². The number of rotatable bonds is 6. The van der Waals surface area contributed by atoms with Gasteiger partial charge in [0.05, 0.1) is 12.8 Å². The van der Waals surface area contributed by atoms with Crippen molar-refractivity contribution in [3.8, 4) is 5.75 Å². The molecule has 1 saturated heterocycles. The number of nitrogens with zero attached hydrogens (tertiary/aromatic N) is 5. The first-order valence-electron chi connectivity index (χ1n) is 9.79. The van der Waals surface area contributed by atoms with Crippen LogP contribution in [-0.2, 0) is 16.1 Å². The number of hydrogen-bond donors (Lipinski definition) is 0. The van der Waals surface area contributed by atoms with Crippen LogP contribution in [0.3, 0.4) is 0 Å². The predicted molar refractivity (Wildman–Crippen MR) is 113 cm³/mol. The summed E-state index contributed by atoms with van der Waals surface area (Å²) >= 11 is 0. The molecule has 0 bridgehead atoms. The number of methoxy groups -OCH3 is 1. The van der Waals surface area contributed by atoms with Gasteiger partial charge in [-0.1, -0.05) is 49.3 Å². The molecule has 9 heteroatoms. The van der Waals surface area contributed by atoms with Crippen molar-refractivity contribution in [3.05, 3.63) is 70.1 Å². The lowest BCUT2D eigenvalue weighted by molar-refractivity contribution is -0.155. The number of carbonyl (C=O) groups is 3. The van der Waals surface area contributed by atoms with Gasteiger partial charge in [-0.3, -0.25) is 19.3 Å². The zero-order valence-corrected chi connectivity index (χ0v) is 17.6. The van der Waals surface area contributed by atoms with E-state index in [4.69, 9.17) is 10.3 Å². The SMILES string of the molecule is COc1ccc(CN2CC(=O)N(C(=O)c3ccccc3N=[N+]=[N-])C(C(C)C)C2=O)cc1. The van der Waals surface area contributed by atoms with Gasteiger partial charge in [-0.15, -0.1) is 0 Å². The maximum absolute atomic E-state index is 13.3. The number of piperazine rings is 1. The summed E-state index contributed by atoms with van der Waals surface area (Å²) in [6.07, 6.45) is 0. The topological polar surface area (TPSA) is 116 Å². The van der Waals surface area contributed by atoms with Crippen LogP contribution in [0.2, 0.25) is 0 Å². The Hall–Kier alpha value is -3.84. The molecule has 31 heavy (non-hydrogen) atoms. The van der Waals surface area contributed by atoms with Gasteiger partial charge in [-0.2, -0.15) is 0 Å². The quantitative estimate of drug-likeness (QED) is 0.306. The van der Waals surface area contributed by atoms with E-state index in [1.54, 1.807) is 45.2 Å². The average molecular weight is 421 g/mol. The molecular weight excluding hydrogens is 398 g/mol. The summed E-state index contributed by atoms with van der Waals surface area (Å²) in [6, 6.07) is 12.5. The lowest BCUT2D eigenvalue weighted by Gasteiger charge is -2.41. The zero-order valence-electron chi connectivity index (χ0n) is 17.6. The molecule has 0 spiro atoms. The van der Waals surface area contributed by atoms with Gasteiger partial charge >= 0.3 is 0 Å². The second-order valence-corrected chi connectivity index (χ2v) is 7.51. The van der Waals surface area contributed by atoms with Crippen molar-refractivity contribution in [1.29, 1.82) is 0 Å². The number of hydrogen-bond acceptors (Lipinski definition) is 5. The highest BCUT2D eigenvalue weighted by molar-refractivity contribution is 6.12. The molecule has 0 aliphatic carbocycles. The van der Waals surface area contributed by atoms with E-state index in [1.165, 1.54) is 17.0 Å². The number of benzene rings is 2. The average Bonchev–Trinajstić information content (AvgIpc) is 2.76. The maximum atomic E-state index is 13.3. The largest absolute Gasteiger partial charge is 0.497 e. The van der Waals surface area contributed by atoms with Crippen molar-refractivity contribution in [3.63, 3.8) is 0 Å².